The number of carboxylic acid groups (broad SMARTS) is 1. The molecule has 0 aliphatic heterocycles. The maximum absolute atomic E-state index is 11.2. The van der Waals surface area contributed by atoms with Crippen LogP contribution in [0, 0.1) is 0 Å². The minimum absolute atomic E-state index is 0.254. The summed E-state index contributed by atoms with van der Waals surface area (Å²) in [5.74, 6) is -0.222. The van der Waals surface area contributed by atoms with Gasteiger partial charge in [-0.25, -0.2) is 4.79 Å². The number of ether oxygens (including phenoxy) is 1. The monoisotopic (exact) mass is 413 g/mol. The molecule has 0 aromatic heterocycles. The highest BCUT2D eigenvalue weighted by molar-refractivity contribution is 9.11. The molecule has 0 unspecified atom stereocenters. The van der Waals surface area contributed by atoms with E-state index in [0.717, 1.165) is 20.3 Å². The number of carboxylic acids is 1. The highest BCUT2D eigenvalue weighted by Gasteiger charge is 2.10. The van der Waals surface area contributed by atoms with E-state index in [1.807, 2.05) is 12.1 Å². The van der Waals surface area contributed by atoms with E-state index in [0.29, 0.717) is 12.2 Å². The summed E-state index contributed by atoms with van der Waals surface area (Å²) in [5.41, 5.74) is 1.84. The molecule has 6 heteroatoms. The summed E-state index contributed by atoms with van der Waals surface area (Å²) in [6, 6.07) is 10.7. The van der Waals surface area contributed by atoms with Gasteiger partial charge in [0, 0.05) is 12.2 Å². The first kappa shape index (κ1) is 15.9. The van der Waals surface area contributed by atoms with Crippen LogP contribution in [0.3, 0.4) is 0 Å². The van der Waals surface area contributed by atoms with Crippen LogP contribution in [-0.2, 0) is 6.54 Å². The number of nitrogens with one attached hydrogen (secondary N) is 1. The van der Waals surface area contributed by atoms with Crippen LogP contribution in [0.25, 0.3) is 0 Å². The van der Waals surface area contributed by atoms with Crippen molar-refractivity contribution in [1.29, 1.82) is 0 Å². The quantitative estimate of drug-likeness (QED) is 0.754. The SMILES string of the molecule is COc1c(Br)cc(CNc2ccccc2C(=O)O)cc1Br. The van der Waals surface area contributed by atoms with E-state index in [1.54, 1.807) is 31.4 Å². The number of hydrogen-bond acceptors (Lipinski definition) is 3. The second kappa shape index (κ2) is 6.95. The van der Waals surface area contributed by atoms with E-state index in [4.69, 9.17) is 9.84 Å². The molecule has 0 fully saturated rings. The second-order valence-electron chi connectivity index (χ2n) is 4.30. The van der Waals surface area contributed by atoms with Gasteiger partial charge in [0.05, 0.1) is 21.6 Å². The van der Waals surface area contributed by atoms with Gasteiger partial charge in [0.2, 0.25) is 0 Å². The maximum atomic E-state index is 11.2. The topological polar surface area (TPSA) is 58.6 Å². The zero-order valence-electron chi connectivity index (χ0n) is 11.2. The van der Waals surface area contributed by atoms with Gasteiger partial charge >= 0.3 is 5.97 Å². The summed E-state index contributed by atoms with van der Waals surface area (Å²) >= 11 is 6.89. The lowest BCUT2D eigenvalue weighted by atomic mass is 10.1. The third-order valence-corrected chi connectivity index (χ3v) is 4.08. The van der Waals surface area contributed by atoms with Crippen molar-refractivity contribution in [3.8, 4) is 5.75 Å². The van der Waals surface area contributed by atoms with Crippen LogP contribution in [0.15, 0.2) is 45.3 Å². The van der Waals surface area contributed by atoms with Gasteiger partial charge in [0.1, 0.15) is 5.75 Å². The Morgan fingerprint density at radius 1 is 1.24 bits per heavy atom. The number of methoxy groups -OCH3 is 1. The number of para-hydroxylation sites is 1. The molecule has 2 aromatic carbocycles. The molecule has 0 amide bonds. The van der Waals surface area contributed by atoms with Crippen molar-refractivity contribution in [3.05, 3.63) is 56.5 Å². The number of halogens is 2. The fourth-order valence-electron chi connectivity index (χ4n) is 1.93. The molecular formula is C15H13Br2NO3. The third kappa shape index (κ3) is 3.77. The minimum atomic E-state index is -0.949. The van der Waals surface area contributed by atoms with E-state index < -0.39 is 5.97 Å². The molecule has 2 aromatic rings. The van der Waals surface area contributed by atoms with E-state index >= 15 is 0 Å². The van der Waals surface area contributed by atoms with Crippen molar-refractivity contribution in [3.63, 3.8) is 0 Å². The van der Waals surface area contributed by atoms with Crippen LogP contribution in [0.1, 0.15) is 15.9 Å². The highest BCUT2D eigenvalue weighted by Crippen LogP contribution is 2.34. The summed E-state index contributed by atoms with van der Waals surface area (Å²) in [7, 11) is 1.60. The fraction of sp³-hybridized carbons (Fsp3) is 0.133. The molecule has 0 aliphatic rings. The van der Waals surface area contributed by atoms with Gasteiger partial charge in [0.15, 0.2) is 0 Å². The van der Waals surface area contributed by atoms with Crippen LogP contribution in [0.5, 0.6) is 5.75 Å². The molecule has 0 bridgehead atoms. The molecule has 0 radical (unpaired) electrons. The van der Waals surface area contributed by atoms with Gasteiger partial charge < -0.3 is 15.2 Å². The van der Waals surface area contributed by atoms with Gasteiger partial charge in [-0.15, -0.1) is 0 Å². The molecule has 0 saturated heterocycles. The molecule has 0 heterocycles. The van der Waals surface area contributed by atoms with Crippen LogP contribution in [0.4, 0.5) is 5.69 Å². The van der Waals surface area contributed by atoms with Gasteiger partial charge in [0.25, 0.3) is 0 Å². The van der Waals surface area contributed by atoms with Crippen molar-refractivity contribution < 1.29 is 14.6 Å². The number of carbonyl (C=O) groups is 1. The molecule has 0 spiro atoms. The molecule has 0 atom stereocenters. The Balaban J connectivity index is 2.19. The Morgan fingerprint density at radius 2 is 1.86 bits per heavy atom. The number of rotatable bonds is 5. The predicted molar refractivity (Wildman–Crippen MR) is 89.1 cm³/mol. The Bertz CT molecular complexity index is 651. The average molecular weight is 415 g/mol. The lowest BCUT2D eigenvalue weighted by molar-refractivity contribution is 0.0698. The Kier molecular flexibility index (Phi) is 5.25. The van der Waals surface area contributed by atoms with Crippen molar-refractivity contribution in [1.82, 2.24) is 0 Å². The van der Waals surface area contributed by atoms with E-state index in [-0.39, 0.29) is 5.56 Å². The highest BCUT2D eigenvalue weighted by atomic mass is 79.9. The van der Waals surface area contributed by atoms with Crippen LogP contribution >= 0.6 is 31.9 Å². The third-order valence-electron chi connectivity index (χ3n) is 2.90. The lowest BCUT2D eigenvalue weighted by Crippen LogP contribution is -2.06. The maximum Gasteiger partial charge on any atom is 0.337 e. The van der Waals surface area contributed by atoms with E-state index in [9.17, 15) is 4.79 Å². The predicted octanol–water partition coefficient (Wildman–Crippen LogP) is 4.53. The van der Waals surface area contributed by atoms with Crippen molar-refractivity contribution in [2.24, 2.45) is 0 Å². The molecule has 2 N–H and O–H groups in total. The Labute approximate surface area is 139 Å². The van der Waals surface area contributed by atoms with Crippen LogP contribution < -0.4 is 10.1 Å². The zero-order chi connectivity index (χ0) is 15.4. The first-order chi connectivity index (χ1) is 10.0. The summed E-state index contributed by atoms with van der Waals surface area (Å²) in [6.45, 7) is 0.505. The minimum Gasteiger partial charge on any atom is -0.494 e. The number of hydrogen-bond donors (Lipinski definition) is 2. The van der Waals surface area contributed by atoms with Gasteiger partial charge in [-0.3, -0.25) is 0 Å². The smallest absolute Gasteiger partial charge is 0.337 e. The zero-order valence-corrected chi connectivity index (χ0v) is 14.4. The molecule has 0 saturated carbocycles. The summed E-state index contributed by atoms with van der Waals surface area (Å²) in [4.78, 5) is 11.2. The largest absolute Gasteiger partial charge is 0.494 e. The molecule has 110 valence electrons. The first-order valence-corrected chi connectivity index (χ1v) is 7.69. The van der Waals surface area contributed by atoms with Gasteiger partial charge in [-0.1, -0.05) is 12.1 Å². The van der Waals surface area contributed by atoms with Gasteiger partial charge in [-0.05, 0) is 61.7 Å². The number of aromatic carboxylic acids is 1. The van der Waals surface area contributed by atoms with Crippen molar-refractivity contribution in [2.75, 3.05) is 12.4 Å². The van der Waals surface area contributed by atoms with Crippen molar-refractivity contribution in [2.45, 2.75) is 6.54 Å². The first-order valence-electron chi connectivity index (χ1n) is 6.11. The normalized spacial score (nSPS) is 10.2. The summed E-state index contributed by atoms with van der Waals surface area (Å²) in [5, 5.41) is 12.3. The molecule has 4 nitrogen and oxygen atoms in total. The van der Waals surface area contributed by atoms with E-state index in [2.05, 4.69) is 37.2 Å². The Morgan fingerprint density at radius 3 is 2.43 bits per heavy atom. The van der Waals surface area contributed by atoms with Crippen LogP contribution in [0.2, 0.25) is 0 Å². The Hall–Kier alpha value is -1.53. The van der Waals surface area contributed by atoms with Crippen molar-refractivity contribution >= 4 is 43.5 Å². The molecular weight excluding hydrogens is 402 g/mol. The lowest BCUT2D eigenvalue weighted by Gasteiger charge is -2.12. The van der Waals surface area contributed by atoms with Gasteiger partial charge in [-0.2, -0.15) is 0 Å². The summed E-state index contributed by atoms with van der Waals surface area (Å²) in [6.07, 6.45) is 0. The molecule has 21 heavy (non-hydrogen) atoms. The molecule has 2 rings (SSSR count). The van der Waals surface area contributed by atoms with E-state index in [1.165, 1.54) is 0 Å². The number of anilines is 1. The van der Waals surface area contributed by atoms with Crippen LogP contribution in [-0.4, -0.2) is 18.2 Å². The second-order valence-corrected chi connectivity index (χ2v) is 6.01. The average Bonchev–Trinajstić information content (AvgIpc) is 2.45. The fourth-order valence-corrected chi connectivity index (χ4v) is 3.54. The standard InChI is InChI=1S/C15H13Br2NO3/c1-21-14-11(16)6-9(7-12(14)17)8-18-13-5-3-2-4-10(13)15(19)20/h2-7,18H,8H2,1H3,(H,19,20). The number of benzene rings is 2. The summed E-state index contributed by atoms with van der Waals surface area (Å²) < 4.78 is 6.92. The molecule has 0 aliphatic carbocycles.